The maximum absolute atomic E-state index is 12.6. The molecule has 0 saturated heterocycles. The number of benzene rings is 1. The summed E-state index contributed by atoms with van der Waals surface area (Å²) in [6.45, 7) is 4.45. The van der Waals surface area contributed by atoms with Gasteiger partial charge in [-0.1, -0.05) is 20.3 Å². The van der Waals surface area contributed by atoms with Crippen molar-refractivity contribution in [1.29, 1.82) is 0 Å². The topological polar surface area (TPSA) is 90.9 Å². The summed E-state index contributed by atoms with van der Waals surface area (Å²) in [5.74, 6) is 0.0637. The summed E-state index contributed by atoms with van der Waals surface area (Å²) in [5.41, 5.74) is 0. The molecule has 128 valence electrons. The molecule has 1 aromatic carbocycles. The Bertz CT molecular complexity index is 673. The van der Waals surface area contributed by atoms with Gasteiger partial charge in [0.1, 0.15) is 19.3 Å². The number of rotatable bonds is 6. The van der Waals surface area contributed by atoms with Crippen molar-refractivity contribution < 1.29 is 27.4 Å². The summed E-state index contributed by atoms with van der Waals surface area (Å²) in [7, 11) is -2.66. The third kappa shape index (κ3) is 3.94. The van der Waals surface area contributed by atoms with E-state index in [2.05, 4.69) is 4.72 Å². The van der Waals surface area contributed by atoms with Crippen LogP contribution in [0.2, 0.25) is 0 Å². The highest BCUT2D eigenvalue weighted by Gasteiger charge is 2.31. The van der Waals surface area contributed by atoms with Gasteiger partial charge in [0.2, 0.25) is 10.0 Å². The van der Waals surface area contributed by atoms with E-state index in [1.807, 2.05) is 6.92 Å². The van der Waals surface area contributed by atoms with E-state index in [4.69, 9.17) is 14.2 Å². The first-order chi connectivity index (χ1) is 10.9. The molecule has 1 aromatic rings. The molecule has 0 aromatic heterocycles. The number of ether oxygens (including phenoxy) is 3. The van der Waals surface area contributed by atoms with Crippen LogP contribution in [0, 0.1) is 5.92 Å². The fraction of sp³-hybridized carbons (Fsp3) is 0.533. The van der Waals surface area contributed by atoms with Crippen LogP contribution in [-0.2, 0) is 19.6 Å². The second-order valence-electron chi connectivity index (χ2n) is 5.31. The highest BCUT2D eigenvalue weighted by molar-refractivity contribution is 7.89. The summed E-state index contributed by atoms with van der Waals surface area (Å²) in [6, 6.07) is 3.41. The summed E-state index contributed by atoms with van der Waals surface area (Å²) in [6.07, 6.45) is 0.628. The van der Waals surface area contributed by atoms with Crippen LogP contribution >= 0.6 is 0 Å². The Hall–Kier alpha value is -1.80. The Kier molecular flexibility index (Phi) is 5.48. The van der Waals surface area contributed by atoms with Crippen LogP contribution in [0.15, 0.2) is 23.1 Å². The van der Waals surface area contributed by atoms with Gasteiger partial charge >= 0.3 is 5.97 Å². The van der Waals surface area contributed by atoms with Gasteiger partial charge in [-0.25, -0.2) is 8.42 Å². The van der Waals surface area contributed by atoms with Crippen LogP contribution in [0.5, 0.6) is 11.5 Å². The van der Waals surface area contributed by atoms with Crippen molar-refractivity contribution in [3.8, 4) is 11.5 Å². The Morgan fingerprint density at radius 2 is 1.96 bits per heavy atom. The molecular weight excluding hydrogens is 322 g/mol. The Labute approximate surface area is 136 Å². The molecule has 0 bridgehead atoms. The van der Waals surface area contributed by atoms with Gasteiger partial charge < -0.3 is 14.2 Å². The SMILES string of the molecule is CC[C@@H](C)[C@H](NS(=O)(=O)c1ccc2c(c1)OCCO2)C(=O)OC. The van der Waals surface area contributed by atoms with Crippen molar-refractivity contribution in [2.45, 2.75) is 31.2 Å². The van der Waals surface area contributed by atoms with Crippen molar-refractivity contribution in [1.82, 2.24) is 4.72 Å². The number of methoxy groups -OCH3 is 1. The Morgan fingerprint density at radius 1 is 1.30 bits per heavy atom. The molecule has 7 nitrogen and oxygen atoms in total. The Morgan fingerprint density at radius 3 is 2.57 bits per heavy atom. The number of nitrogens with one attached hydrogen (secondary N) is 1. The maximum Gasteiger partial charge on any atom is 0.324 e. The zero-order valence-corrected chi connectivity index (χ0v) is 14.2. The van der Waals surface area contributed by atoms with Crippen LogP contribution in [0.4, 0.5) is 0 Å². The molecule has 23 heavy (non-hydrogen) atoms. The first kappa shape index (κ1) is 17.6. The van der Waals surface area contributed by atoms with E-state index in [0.717, 1.165) is 0 Å². The van der Waals surface area contributed by atoms with E-state index < -0.39 is 22.0 Å². The smallest absolute Gasteiger partial charge is 0.324 e. The van der Waals surface area contributed by atoms with E-state index in [1.165, 1.54) is 19.2 Å². The molecule has 0 unspecified atom stereocenters. The summed E-state index contributed by atoms with van der Waals surface area (Å²) >= 11 is 0. The summed E-state index contributed by atoms with van der Waals surface area (Å²) in [4.78, 5) is 11.9. The quantitative estimate of drug-likeness (QED) is 0.784. The number of carbonyl (C=O) groups is 1. The highest BCUT2D eigenvalue weighted by atomic mass is 32.2. The van der Waals surface area contributed by atoms with Gasteiger partial charge in [-0.3, -0.25) is 4.79 Å². The van der Waals surface area contributed by atoms with Crippen LogP contribution < -0.4 is 14.2 Å². The lowest BCUT2D eigenvalue weighted by Gasteiger charge is -2.22. The van der Waals surface area contributed by atoms with E-state index in [9.17, 15) is 13.2 Å². The first-order valence-corrected chi connectivity index (χ1v) is 8.87. The van der Waals surface area contributed by atoms with Gasteiger partial charge in [0.05, 0.1) is 12.0 Å². The van der Waals surface area contributed by atoms with Crippen molar-refractivity contribution in [2.75, 3.05) is 20.3 Å². The molecule has 1 N–H and O–H groups in total. The van der Waals surface area contributed by atoms with Crippen molar-refractivity contribution >= 4 is 16.0 Å². The maximum atomic E-state index is 12.6. The second kappa shape index (κ2) is 7.18. The highest BCUT2D eigenvalue weighted by Crippen LogP contribution is 2.32. The van der Waals surface area contributed by atoms with Gasteiger partial charge in [-0.2, -0.15) is 4.72 Å². The predicted molar refractivity (Wildman–Crippen MR) is 83.0 cm³/mol. The average Bonchev–Trinajstić information content (AvgIpc) is 2.57. The number of sulfonamides is 1. The van der Waals surface area contributed by atoms with E-state index in [-0.39, 0.29) is 10.8 Å². The third-order valence-electron chi connectivity index (χ3n) is 3.77. The normalized spacial score (nSPS) is 16.5. The van der Waals surface area contributed by atoms with E-state index >= 15 is 0 Å². The van der Waals surface area contributed by atoms with Crippen molar-refractivity contribution in [3.05, 3.63) is 18.2 Å². The molecule has 1 aliphatic rings. The van der Waals surface area contributed by atoms with Crippen molar-refractivity contribution in [3.63, 3.8) is 0 Å². The average molecular weight is 343 g/mol. The molecule has 0 fully saturated rings. The number of hydrogen-bond donors (Lipinski definition) is 1. The molecule has 0 amide bonds. The van der Waals surface area contributed by atoms with Gasteiger partial charge in [0.25, 0.3) is 0 Å². The summed E-state index contributed by atoms with van der Waals surface area (Å²) < 4.78 is 43.0. The molecule has 2 atom stereocenters. The molecule has 8 heteroatoms. The first-order valence-electron chi connectivity index (χ1n) is 7.39. The molecule has 0 radical (unpaired) electrons. The Balaban J connectivity index is 2.28. The van der Waals surface area contributed by atoms with E-state index in [0.29, 0.717) is 31.1 Å². The van der Waals surface area contributed by atoms with Crippen LogP contribution in [0.1, 0.15) is 20.3 Å². The monoisotopic (exact) mass is 343 g/mol. The van der Waals surface area contributed by atoms with Gasteiger partial charge in [-0.05, 0) is 18.1 Å². The van der Waals surface area contributed by atoms with E-state index in [1.54, 1.807) is 13.0 Å². The molecule has 0 saturated carbocycles. The van der Waals surface area contributed by atoms with Gasteiger partial charge in [0, 0.05) is 6.07 Å². The number of hydrogen-bond acceptors (Lipinski definition) is 6. The standard InChI is InChI=1S/C15H21NO6S/c1-4-10(2)14(15(17)20-3)16-23(18,19)11-5-6-12-13(9-11)22-8-7-21-12/h5-6,9-10,14,16H,4,7-8H2,1-3H3/t10-,14+/m1/s1. The minimum atomic E-state index is -3.89. The van der Waals surface area contributed by atoms with Gasteiger partial charge in [0.15, 0.2) is 11.5 Å². The number of esters is 1. The summed E-state index contributed by atoms with van der Waals surface area (Å²) in [5, 5.41) is 0. The number of fused-ring (bicyclic) bond motifs is 1. The molecule has 1 aliphatic heterocycles. The molecule has 1 heterocycles. The van der Waals surface area contributed by atoms with Gasteiger partial charge in [-0.15, -0.1) is 0 Å². The number of carbonyl (C=O) groups excluding carboxylic acids is 1. The lowest BCUT2D eigenvalue weighted by Crippen LogP contribution is -2.45. The third-order valence-corrected chi connectivity index (χ3v) is 5.21. The van der Waals surface area contributed by atoms with Crippen molar-refractivity contribution in [2.24, 2.45) is 5.92 Å². The zero-order chi connectivity index (χ0) is 17.0. The molecular formula is C15H21NO6S. The lowest BCUT2D eigenvalue weighted by molar-refractivity contribution is -0.143. The minimum Gasteiger partial charge on any atom is -0.486 e. The predicted octanol–water partition coefficient (Wildman–Crippen LogP) is 1.32. The zero-order valence-electron chi connectivity index (χ0n) is 13.4. The van der Waals surface area contributed by atoms with Crippen LogP contribution in [0.25, 0.3) is 0 Å². The molecule has 2 rings (SSSR count). The fourth-order valence-corrected chi connectivity index (χ4v) is 3.49. The fourth-order valence-electron chi connectivity index (χ4n) is 2.19. The largest absolute Gasteiger partial charge is 0.486 e. The van der Waals surface area contributed by atoms with Crippen LogP contribution in [-0.4, -0.2) is 40.8 Å². The minimum absolute atomic E-state index is 0.0129. The molecule has 0 spiro atoms. The molecule has 0 aliphatic carbocycles. The van der Waals surface area contributed by atoms with Crippen LogP contribution in [0.3, 0.4) is 0 Å². The second-order valence-corrected chi connectivity index (χ2v) is 7.03. The lowest BCUT2D eigenvalue weighted by atomic mass is 10.0.